The maximum absolute atomic E-state index is 14.4. The van der Waals surface area contributed by atoms with Crippen molar-refractivity contribution in [2.24, 2.45) is 5.41 Å². The monoisotopic (exact) mass is 656 g/mol. The summed E-state index contributed by atoms with van der Waals surface area (Å²) in [7, 11) is -2.56. The third-order valence-corrected chi connectivity index (χ3v) is 9.30. The van der Waals surface area contributed by atoms with Gasteiger partial charge in [-0.25, -0.2) is 23.1 Å². The molecule has 2 amide bonds. The summed E-state index contributed by atoms with van der Waals surface area (Å²) in [5.74, 6) is -0.0982. The first-order chi connectivity index (χ1) is 22.1. The summed E-state index contributed by atoms with van der Waals surface area (Å²) in [5, 5.41) is 0. The van der Waals surface area contributed by atoms with Crippen molar-refractivity contribution in [1.29, 1.82) is 0 Å². The Morgan fingerprint density at radius 2 is 1.68 bits per heavy atom. The molecule has 0 unspecified atom stereocenters. The zero-order valence-corrected chi connectivity index (χ0v) is 28.6. The number of nitrogens with zero attached hydrogens (tertiary/aromatic N) is 5. The lowest BCUT2D eigenvalue weighted by molar-refractivity contribution is -0.116. The number of benzene rings is 2. The number of carbonyl (C=O) groups is 2. The van der Waals surface area contributed by atoms with Gasteiger partial charge in [0, 0.05) is 31.2 Å². The third kappa shape index (κ3) is 7.76. The molecule has 0 spiro atoms. The number of pyridine rings is 1. The summed E-state index contributed by atoms with van der Waals surface area (Å²) in [5.41, 5.74) is 3.78. The van der Waals surface area contributed by atoms with E-state index in [4.69, 9.17) is 4.74 Å². The lowest BCUT2D eigenvalue weighted by Gasteiger charge is -2.35. The smallest absolute Gasteiger partial charge is 0.264 e. The number of hydrogen-bond donors (Lipinski definition) is 1. The van der Waals surface area contributed by atoms with Crippen molar-refractivity contribution in [1.82, 2.24) is 19.9 Å². The quantitative estimate of drug-likeness (QED) is 0.286. The number of rotatable bonds is 5. The fourth-order valence-corrected chi connectivity index (χ4v) is 6.61. The number of nitrogens with one attached hydrogen (secondary N) is 1. The summed E-state index contributed by atoms with van der Waals surface area (Å²) in [6.45, 7) is 11.8. The van der Waals surface area contributed by atoms with Crippen molar-refractivity contribution < 1.29 is 22.7 Å². The van der Waals surface area contributed by atoms with Crippen molar-refractivity contribution in [2.75, 3.05) is 23.3 Å². The highest BCUT2D eigenvalue weighted by atomic mass is 32.2. The van der Waals surface area contributed by atoms with Gasteiger partial charge in [0.15, 0.2) is 0 Å². The number of ether oxygens (including phenoxy) is 1. The highest BCUT2D eigenvalue weighted by Gasteiger charge is 2.32. The van der Waals surface area contributed by atoms with E-state index in [1.54, 1.807) is 42.3 Å². The van der Waals surface area contributed by atoms with Crippen LogP contribution in [-0.2, 0) is 21.4 Å². The molecule has 47 heavy (non-hydrogen) atoms. The average Bonchev–Trinajstić information content (AvgIpc) is 3.00. The minimum atomic E-state index is -4.19. The van der Waals surface area contributed by atoms with Gasteiger partial charge < -0.3 is 14.5 Å². The van der Waals surface area contributed by atoms with E-state index in [0.29, 0.717) is 23.6 Å². The van der Waals surface area contributed by atoms with Gasteiger partial charge >= 0.3 is 0 Å². The minimum absolute atomic E-state index is 0.0607. The number of fused-ring (bicyclic) bond motifs is 4. The Morgan fingerprint density at radius 1 is 1.00 bits per heavy atom. The van der Waals surface area contributed by atoms with E-state index in [-0.39, 0.29) is 52.7 Å². The Balaban J connectivity index is 1.67. The van der Waals surface area contributed by atoms with Crippen LogP contribution in [0.5, 0.6) is 5.88 Å². The Bertz CT molecular complexity index is 1920. The lowest BCUT2D eigenvalue weighted by atomic mass is 9.87. The van der Waals surface area contributed by atoms with Crippen molar-refractivity contribution in [3.8, 4) is 17.1 Å². The maximum Gasteiger partial charge on any atom is 0.264 e. The van der Waals surface area contributed by atoms with Crippen LogP contribution in [0.4, 0.5) is 11.8 Å². The second-order valence-corrected chi connectivity index (χ2v) is 14.7. The van der Waals surface area contributed by atoms with Crippen LogP contribution in [0, 0.1) is 19.3 Å². The van der Waals surface area contributed by atoms with Gasteiger partial charge in [-0.3, -0.25) is 9.59 Å². The average molecular weight is 657 g/mol. The Hall–Kier alpha value is -4.84. The van der Waals surface area contributed by atoms with Gasteiger partial charge in [0.2, 0.25) is 17.7 Å². The minimum Gasteiger partial charge on any atom is -0.475 e. The molecule has 1 aliphatic rings. The summed E-state index contributed by atoms with van der Waals surface area (Å²) in [6, 6.07) is 18.3. The van der Waals surface area contributed by atoms with Crippen molar-refractivity contribution in [2.45, 2.75) is 65.4 Å². The molecular formula is C35H40N6O5S. The molecule has 1 atom stereocenters. The van der Waals surface area contributed by atoms with Crippen LogP contribution in [0.15, 0.2) is 71.6 Å². The Labute approximate surface area is 276 Å². The topological polar surface area (TPSA) is 135 Å². The molecule has 0 saturated carbocycles. The van der Waals surface area contributed by atoms with Gasteiger partial charge in [-0.05, 0) is 67.1 Å². The highest BCUT2D eigenvalue weighted by molar-refractivity contribution is 7.92. The van der Waals surface area contributed by atoms with Gasteiger partial charge in [-0.2, -0.15) is 4.98 Å². The van der Waals surface area contributed by atoms with Gasteiger partial charge in [-0.1, -0.05) is 51.1 Å². The van der Waals surface area contributed by atoms with E-state index in [0.717, 1.165) is 16.7 Å². The van der Waals surface area contributed by atoms with Gasteiger partial charge in [-0.15, -0.1) is 0 Å². The molecule has 3 heterocycles. The molecule has 5 rings (SSSR count). The molecule has 1 N–H and O–H groups in total. The molecule has 1 aliphatic heterocycles. The fourth-order valence-electron chi connectivity index (χ4n) is 5.62. The molecule has 246 valence electrons. The van der Waals surface area contributed by atoms with Crippen LogP contribution in [0.25, 0.3) is 11.3 Å². The Kier molecular flexibility index (Phi) is 9.35. The van der Waals surface area contributed by atoms with E-state index in [2.05, 4.69) is 40.4 Å². The molecule has 0 aliphatic carbocycles. The van der Waals surface area contributed by atoms with E-state index in [9.17, 15) is 18.0 Å². The number of aromatic nitrogens is 3. The van der Waals surface area contributed by atoms with Crippen LogP contribution in [0.2, 0.25) is 0 Å². The molecule has 2 aromatic heterocycles. The van der Waals surface area contributed by atoms with Gasteiger partial charge in [0.25, 0.3) is 15.9 Å². The van der Waals surface area contributed by atoms with E-state index in [1.165, 1.54) is 30.0 Å². The molecule has 11 nitrogen and oxygen atoms in total. The van der Waals surface area contributed by atoms with E-state index < -0.39 is 16.1 Å². The lowest BCUT2D eigenvalue weighted by Crippen LogP contribution is -2.45. The molecule has 4 bridgehead atoms. The first-order valence-electron chi connectivity index (χ1n) is 15.3. The number of aryl methyl sites for hydroxylation is 2. The van der Waals surface area contributed by atoms with Crippen molar-refractivity contribution in [3.05, 3.63) is 89.1 Å². The number of sulfonamides is 1. The zero-order chi connectivity index (χ0) is 34.1. The molecule has 0 fully saturated rings. The Morgan fingerprint density at radius 3 is 2.36 bits per heavy atom. The predicted octanol–water partition coefficient (Wildman–Crippen LogP) is 5.78. The maximum atomic E-state index is 14.4. The molecular weight excluding hydrogens is 616 g/mol. The highest BCUT2D eigenvalue weighted by Crippen LogP contribution is 2.32. The number of amides is 2. The zero-order valence-electron chi connectivity index (χ0n) is 27.7. The van der Waals surface area contributed by atoms with E-state index >= 15 is 0 Å². The second-order valence-electron chi connectivity index (χ2n) is 13.0. The number of carbonyl (C=O) groups excluding carboxylic acids is 2. The predicted molar refractivity (Wildman–Crippen MR) is 181 cm³/mol. The standard InChI is InChI=1S/C35H40N6O5S/c1-22-11-8-12-23(2)32(22)29-18-31-38-34(37-29)39-47(44,45)28-15-9-13-25(17-28)33(43)41(27(21-46-31)19-35(4,5)6)20-26-14-10-16-30(36-26)40(7)24(3)42/h8-18,27H,19-21H2,1-7H3,(H,37,38,39)/t27-/m1/s1. The summed E-state index contributed by atoms with van der Waals surface area (Å²) < 4.78 is 36.1. The SMILES string of the molecule is CC(=O)N(C)c1cccc(CN2C(=O)c3cccc(c3)S(=O)(=O)Nc3nc(cc(-c4c(C)cccc4C)n3)OC[C@H]2CC(C)(C)C)n1. The summed E-state index contributed by atoms with van der Waals surface area (Å²) in [6.07, 6.45) is 0.545. The van der Waals surface area contributed by atoms with Crippen molar-refractivity contribution in [3.63, 3.8) is 0 Å². The van der Waals surface area contributed by atoms with Crippen molar-refractivity contribution >= 4 is 33.6 Å². The van der Waals surface area contributed by atoms with Crippen LogP contribution in [0.3, 0.4) is 0 Å². The second kappa shape index (κ2) is 13.1. The number of hydrogen-bond acceptors (Lipinski definition) is 8. The molecule has 0 radical (unpaired) electrons. The van der Waals surface area contributed by atoms with E-state index in [1.807, 2.05) is 32.0 Å². The summed E-state index contributed by atoms with van der Waals surface area (Å²) in [4.78, 5) is 43.1. The van der Waals surface area contributed by atoms with Crippen LogP contribution in [-0.4, -0.2) is 59.8 Å². The molecule has 0 saturated heterocycles. The van der Waals surface area contributed by atoms with Crippen LogP contribution >= 0.6 is 0 Å². The van der Waals surface area contributed by atoms with Crippen LogP contribution in [0.1, 0.15) is 61.3 Å². The van der Waals surface area contributed by atoms with Gasteiger partial charge in [0.1, 0.15) is 12.4 Å². The third-order valence-electron chi connectivity index (χ3n) is 7.97. The van der Waals surface area contributed by atoms with Gasteiger partial charge in [0.05, 0.1) is 28.9 Å². The molecule has 4 aromatic rings. The molecule has 12 heteroatoms. The summed E-state index contributed by atoms with van der Waals surface area (Å²) >= 11 is 0. The first kappa shape index (κ1) is 33.5. The fraction of sp³-hybridized carbons (Fsp3) is 0.343. The number of anilines is 2. The van der Waals surface area contributed by atoms with Crippen LogP contribution < -0.4 is 14.4 Å². The largest absolute Gasteiger partial charge is 0.475 e. The molecule has 2 aromatic carbocycles. The first-order valence-corrected chi connectivity index (χ1v) is 16.8. The normalized spacial score (nSPS) is 16.2.